The van der Waals surface area contributed by atoms with Gasteiger partial charge in [0.15, 0.2) is 0 Å². The zero-order chi connectivity index (χ0) is 24.9. The van der Waals surface area contributed by atoms with E-state index in [4.69, 9.17) is 25.8 Å². The Morgan fingerprint density at radius 2 is 1.91 bits per heavy atom. The maximum absolute atomic E-state index is 13.7. The van der Waals surface area contributed by atoms with Crippen molar-refractivity contribution in [3.8, 4) is 11.5 Å². The zero-order valence-electron chi connectivity index (χ0n) is 18.7. The largest absolute Gasteiger partial charge is 0.467 e. The second kappa shape index (κ2) is 10.5. The zero-order valence-corrected chi connectivity index (χ0v) is 19.5. The minimum atomic E-state index is -1.28. The molecule has 11 heteroatoms. The van der Waals surface area contributed by atoms with Gasteiger partial charge in [0.25, 0.3) is 0 Å². The van der Waals surface area contributed by atoms with E-state index in [1.165, 1.54) is 18.2 Å². The molecule has 178 valence electrons. The van der Waals surface area contributed by atoms with Gasteiger partial charge in [0, 0.05) is 18.1 Å². The molecule has 33 heavy (non-hydrogen) atoms. The Morgan fingerprint density at radius 1 is 1.24 bits per heavy atom. The molecule has 2 aromatic carbocycles. The van der Waals surface area contributed by atoms with Crippen molar-refractivity contribution >= 4 is 29.4 Å². The fourth-order valence-corrected chi connectivity index (χ4v) is 3.03. The number of nitro benzene ring substituents is 1. The third-order valence-electron chi connectivity index (χ3n) is 4.30. The van der Waals surface area contributed by atoms with Crippen molar-refractivity contribution in [3.63, 3.8) is 0 Å². The van der Waals surface area contributed by atoms with Gasteiger partial charge in [-0.25, -0.2) is 14.0 Å². The number of ether oxygens (including phenoxy) is 3. The molecule has 0 heterocycles. The maximum atomic E-state index is 13.7. The van der Waals surface area contributed by atoms with E-state index in [9.17, 15) is 24.1 Å². The van der Waals surface area contributed by atoms with E-state index >= 15 is 0 Å². The SMILES string of the molecule is COC(=O)[C@@H](Cc1ccc(C)c(Oc2cc(F)ccc2Cl)c1[N+](=O)[O-])NC(=O)OC(C)(C)C. The van der Waals surface area contributed by atoms with E-state index in [1.807, 2.05) is 0 Å². The number of aryl methyl sites for hydroxylation is 1. The number of hydrogen-bond acceptors (Lipinski definition) is 7. The molecular weight excluding hydrogens is 459 g/mol. The summed E-state index contributed by atoms with van der Waals surface area (Å²) in [5, 5.41) is 14.4. The first-order valence-corrected chi connectivity index (χ1v) is 10.2. The average Bonchev–Trinajstić information content (AvgIpc) is 2.70. The summed E-state index contributed by atoms with van der Waals surface area (Å²) in [6.07, 6.45) is -1.19. The highest BCUT2D eigenvalue weighted by Crippen LogP contribution is 2.40. The van der Waals surface area contributed by atoms with Crippen molar-refractivity contribution < 1.29 is 33.1 Å². The highest BCUT2D eigenvalue weighted by molar-refractivity contribution is 6.32. The lowest BCUT2D eigenvalue weighted by Crippen LogP contribution is -2.45. The van der Waals surface area contributed by atoms with Gasteiger partial charge in [-0.3, -0.25) is 10.1 Å². The summed E-state index contributed by atoms with van der Waals surface area (Å²) in [6, 6.07) is 5.06. The molecule has 0 unspecified atom stereocenters. The van der Waals surface area contributed by atoms with Gasteiger partial charge in [0.1, 0.15) is 23.2 Å². The van der Waals surface area contributed by atoms with Gasteiger partial charge in [-0.05, 0) is 45.4 Å². The quantitative estimate of drug-likeness (QED) is 0.331. The van der Waals surface area contributed by atoms with E-state index in [1.54, 1.807) is 27.7 Å². The Balaban J connectivity index is 2.46. The standard InChI is InChI=1S/C22H24ClFN2O7/c1-12-6-7-13(10-16(20(27)31-5)25-21(28)33-22(2,3)4)18(26(29)30)19(12)32-17-11-14(24)8-9-15(17)23/h6-9,11,16H,10H2,1-5H3,(H,25,28)/t16-/m1/s1. The van der Waals surface area contributed by atoms with E-state index < -0.39 is 40.1 Å². The smallest absolute Gasteiger partial charge is 0.408 e. The van der Waals surface area contributed by atoms with Crippen molar-refractivity contribution in [2.75, 3.05) is 7.11 Å². The second-order valence-corrected chi connectivity index (χ2v) is 8.49. The molecule has 0 bridgehead atoms. The number of rotatable bonds is 7. The highest BCUT2D eigenvalue weighted by Gasteiger charge is 2.31. The molecule has 0 radical (unpaired) electrons. The lowest BCUT2D eigenvalue weighted by atomic mass is 10.0. The minimum Gasteiger partial charge on any atom is -0.467 e. The van der Waals surface area contributed by atoms with Crippen molar-refractivity contribution in [2.45, 2.75) is 45.8 Å². The van der Waals surface area contributed by atoms with E-state index in [0.29, 0.717) is 5.56 Å². The third kappa shape index (κ3) is 7.04. The van der Waals surface area contributed by atoms with Crippen LogP contribution in [0.2, 0.25) is 5.02 Å². The number of carbonyl (C=O) groups is 2. The minimum absolute atomic E-state index is 0.0505. The van der Waals surface area contributed by atoms with Gasteiger partial charge in [0.05, 0.1) is 17.1 Å². The molecular formula is C22H24ClFN2O7. The van der Waals surface area contributed by atoms with Crippen LogP contribution in [-0.4, -0.2) is 35.7 Å². The molecule has 0 spiro atoms. The van der Waals surface area contributed by atoms with Crippen molar-refractivity contribution in [1.29, 1.82) is 0 Å². The molecule has 0 aromatic heterocycles. The van der Waals surface area contributed by atoms with Crippen LogP contribution >= 0.6 is 11.6 Å². The Labute approximate surface area is 194 Å². The molecule has 1 N–H and O–H groups in total. The molecule has 0 aliphatic heterocycles. The summed E-state index contributed by atoms with van der Waals surface area (Å²) in [5.41, 5.74) is -0.846. The van der Waals surface area contributed by atoms with Crippen LogP contribution in [0.4, 0.5) is 14.9 Å². The van der Waals surface area contributed by atoms with Crippen molar-refractivity contribution in [3.05, 3.63) is 62.4 Å². The van der Waals surface area contributed by atoms with Crippen molar-refractivity contribution in [1.82, 2.24) is 5.32 Å². The summed E-state index contributed by atoms with van der Waals surface area (Å²) in [5.74, 6) is -1.76. The van der Waals surface area contributed by atoms with Crippen LogP contribution < -0.4 is 10.1 Å². The van der Waals surface area contributed by atoms with Crippen molar-refractivity contribution in [2.24, 2.45) is 0 Å². The summed E-state index contributed by atoms with van der Waals surface area (Å²) in [4.78, 5) is 35.7. The van der Waals surface area contributed by atoms with Crippen LogP contribution in [0, 0.1) is 22.9 Å². The van der Waals surface area contributed by atoms with Gasteiger partial charge in [0.2, 0.25) is 5.75 Å². The molecule has 0 saturated heterocycles. The molecule has 2 aromatic rings. The number of esters is 1. The fourth-order valence-electron chi connectivity index (χ4n) is 2.88. The fraction of sp³-hybridized carbons (Fsp3) is 0.364. The molecule has 1 amide bonds. The number of nitro groups is 1. The molecule has 1 atom stereocenters. The molecule has 0 fully saturated rings. The monoisotopic (exact) mass is 482 g/mol. The molecule has 2 rings (SSSR count). The Kier molecular flexibility index (Phi) is 8.21. The third-order valence-corrected chi connectivity index (χ3v) is 4.61. The van der Waals surface area contributed by atoms with Crippen LogP contribution in [-0.2, 0) is 20.7 Å². The normalized spacial score (nSPS) is 12.0. The number of methoxy groups -OCH3 is 1. The first-order valence-electron chi connectivity index (χ1n) is 9.79. The van der Waals surface area contributed by atoms with Gasteiger partial charge in [-0.2, -0.15) is 0 Å². The number of alkyl carbamates (subject to hydrolysis) is 1. The first-order chi connectivity index (χ1) is 15.3. The molecule has 0 aliphatic carbocycles. The predicted octanol–water partition coefficient (Wildman–Crippen LogP) is 5.10. The van der Waals surface area contributed by atoms with E-state index in [0.717, 1.165) is 19.2 Å². The van der Waals surface area contributed by atoms with Gasteiger partial charge in [-0.1, -0.05) is 23.7 Å². The van der Waals surface area contributed by atoms with Crippen LogP contribution in [0.3, 0.4) is 0 Å². The highest BCUT2D eigenvalue weighted by atomic mass is 35.5. The first kappa shape index (κ1) is 25.9. The summed E-state index contributed by atoms with van der Waals surface area (Å²) in [6.45, 7) is 6.50. The topological polar surface area (TPSA) is 117 Å². The van der Waals surface area contributed by atoms with Gasteiger partial charge < -0.3 is 19.5 Å². The maximum Gasteiger partial charge on any atom is 0.408 e. The number of benzene rings is 2. The summed E-state index contributed by atoms with van der Waals surface area (Å²) in [7, 11) is 1.12. The Morgan fingerprint density at radius 3 is 2.48 bits per heavy atom. The predicted molar refractivity (Wildman–Crippen MR) is 118 cm³/mol. The van der Waals surface area contributed by atoms with E-state index in [2.05, 4.69) is 5.32 Å². The van der Waals surface area contributed by atoms with Crippen LogP contribution in [0.25, 0.3) is 0 Å². The lowest BCUT2D eigenvalue weighted by molar-refractivity contribution is -0.386. The number of nitrogens with zero attached hydrogens (tertiary/aromatic N) is 1. The van der Waals surface area contributed by atoms with Crippen LogP contribution in [0.5, 0.6) is 11.5 Å². The Hall–Kier alpha value is -3.40. The van der Waals surface area contributed by atoms with Crippen LogP contribution in [0.1, 0.15) is 31.9 Å². The number of amides is 1. The summed E-state index contributed by atoms with van der Waals surface area (Å²) >= 11 is 6.04. The molecule has 9 nitrogen and oxygen atoms in total. The number of hydrogen-bond donors (Lipinski definition) is 1. The number of carbonyl (C=O) groups excluding carboxylic acids is 2. The Bertz CT molecular complexity index is 1070. The number of halogens is 2. The van der Waals surface area contributed by atoms with E-state index in [-0.39, 0.29) is 28.5 Å². The molecule has 0 saturated carbocycles. The summed E-state index contributed by atoms with van der Waals surface area (Å²) < 4.78 is 29.2. The van der Waals surface area contributed by atoms with Gasteiger partial charge >= 0.3 is 17.7 Å². The molecule has 0 aliphatic rings. The number of nitrogens with one attached hydrogen (secondary N) is 1. The average molecular weight is 483 g/mol. The second-order valence-electron chi connectivity index (χ2n) is 8.08. The van der Waals surface area contributed by atoms with Gasteiger partial charge in [-0.15, -0.1) is 0 Å². The lowest BCUT2D eigenvalue weighted by Gasteiger charge is -2.23. The van der Waals surface area contributed by atoms with Crippen LogP contribution in [0.15, 0.2) is 30.3 Å².